The molecule has 0 amide bonds. The van der Waals surface area contributed by atoms with Crippen LogP contribution in [0.1, 0.15) is 9.88 Å². The van der Waals surface area contributed by atoms with Crippen LogP contribution in [0.3, 0.4) is 0 Å². The van der Waals surface area contributed by atoms with Gasteiger partial charge in [0.25, 0.3) is 0 Å². The van der Waals surface area contributed by atoms with Crippen molar-refractivity contribution in [1.29, 1.82) is 0 Å². The van der Waals surface area contributed by atoms with Gasteiger partial charge in [0.05, 0.1) is 11.6 Å². The molecule has 7 heteroatoms. The van der Waals surface area contributed by atoms with Gasteiger partial charge in [-0.2, -0.15) is 0 Å². The van der Waals surface area contributed by atoms with E-state index in [0.717, 1.165) is 9.88 Å². The molecule has 2 heterocycles. The Balaban J connectivity index is 1.94. The van der Waals surface area contributed by atoms with E-state index in [-0.39, 0.29) is 6.01 Å². The lowest BCUT2D eigenvalue weighted by molar-refractivity contribution is 0.586. The minimum Gasteiger partial charge on any atom is -0.390 e. The number of nitrogens with one attached hydrogen (secondary N) is 1. The van der Waals surface area contributed by atoms with Crippen LogP contribution in [0.25, 0.3) is 0 Å². The highest BCUT2D eigenvalue weighted by molar-refractivity contribution is 7.11. The number of anilines is 2. The Bertz CT molecular complexity index is 383. The van der Waals surface area contributed by atoms with Gasteiger partial charge in [0.1, 0.15) is 0 Å². The van der Waals surface area contributed by atoms with Crippen LogP contribution in [-0.2, 0) is 6.54 Å². The van der Waals surface area contributed by atoms with Crippen LogP contribution in [0.4, 0.5) is 12.0 Å². The molecule has 2 aromatic rings. The molecule has 0 aliphatic carbocycles. The highest BCUT2D eigenvalue weighted by Gasteiger charge is 2.03. The summed E-state index contributed by atoms with van der Waals surface area (Å²) in [7, 11) is 0. The zero-order valence-electron chi connectivity index (χ0n) is 7.52. The van der Waals surface area contributed by atoms with E-state index < -0.39 is 0 Å². The van der Waals surface area contributed by atoms with Crippen molar-refractivity contribution in [2.45, 2.75) is 13.5 Å². The van der Waals surface area contributed by atoms with Crippen molar-refractivity contribution < 1.29 is 4.42 Å². The molecule has 0 aliphatic heterocycles. The summed E-state index contributed by atoms with van der Waals surface area (Å²) in [6.07, 6.45) is 1.81. The Labute approximate surface area is 84.2 Å². The fourth-order valence-corrected chi connectivity index (χ4v) is 1.69. The predicted octanol–water partition coefficient (Wildman–Crippen LogP) is 1.03. The molecule has 0 aromatic carbocycles. The van der Waals surface area contributed by atoms with Crippen LogP contribution in [0.5, 0.6) is 0 Å². The molecule has 0 unspecified atom stereocenters. The van der Waals surface area contributed by atoms with Gasteiger partial charge in [-0.25, -0.2) is 4.98 Å². The number of rotatable bonds is 3. The molecule has 14 heavy (non-hydrogen) atoms. The van der Waals surface area contributed by atoms with E-state index in [1.165, 1.54) is 0 Å². The normalized spacial score (nSPS) is 10.4. The number of aryl methyl sites for hydroxylation is 1. The highest BCUT2D eigenvalue weighted by atomic mass is 32.1. The number of nitrogen functional groups attached to an aromatic ring is 1. The van der Waals surface area contributed by atoms with E-state index in [9.17, 15) is 0 Å². The summed E-state index contributed by atoms with van der Waals surface area (Å²) >= 11 is 1.62. The summed E-state index contributed by atoms with van der Waals surface area (Å²) in [6.45, 7) is 2.58. The average molecular weight is 211 g/mol. The first-order chi connectivity index (χ1) is 6.74. The Kier molecular flexibility index (Phi) is 2.32. The summed E-state index contributed by atoms with van der Waals surface area (Å²) in [4.78, 5) is 5.23. The van der Waals surface area contributed by atoms with Crippen LogP contribution in [0, 0.1) is 6.92 Å². The Morgan fingerprint density at radius 3 is 3.00 bits per heavy atom. The summed E-state index contributed by atoms with van der Waals surface area (Å²) in [5.74, 6) is 0. The van der Waals surface area contributed by atoms with Crippen molar-refractivity contribution in [3.05, 3.63) is 16.1 Å². The van der Waals surface area contributed by atoms with Gasteiger partial charge in [0.15, 0.2) is 0 Å². The van der Waals surface area contributed by atoms with Crippen LogP contribution >= 0.6 is 11.3 Å². The van der Waals surface area contributed by atoms with Gasteiger partial charge in [-0.15, -0.1) is 11.3 Å². The zero-order valence-corrected chi connectivity index (χ0v) is 8.34. The number of nitrogens with zero attached hydrogens (tertiary/aromatic N) is 3. The Morgan fingerprint density at radius 2 is 2.43 bits per heavy atom. The van der Waals surface area contributed by atoms with Gasteiger partial charge in [-0.3, -0.25) is 0 Å². The minimum absolute atomic E-state index is 0.0629. The smallest absolute Gasteiger partial charge is 0.317 e. The number of thiazole rings is 1. The molecule has 74 valence electrons. The van der Waals surface area contributed by atoms with Crippen molar-refractivity contribution in [1.82, 2.24) is 15.2 Å². The Hall–Kier alpha value is -1.63. The molecule has 0 fully saturated rings. The largest absolute Gasteiger partial charge is 0.390 e. The topological polar surface area (TPSA) is 89.9 Å². The summed E-state index contributed by atoms with van der Waals surface area (Å²) in [6, 6.07) is 0.390. The van der Waals surface area contributed by atoms with Crippen molar-refractivity contribution in [2.24, 2.45) is 0 Å². The highest BCUT2D eigenvalue weighted by Crippen LogP contribution is 2.14. The fourth-order valence-electron chi connectivity index (χ4n) is 0.956. The quantitative estimate of drug-likeness (QED) is 0.788. The second-order valence-electron chi connectivity index (χ2n) is 2.64. The van der Waals surface area contributed by atoms with Crippen LogP contribution < -0.4 is 11.1 Å². The molecule has 3 N–H and O–H groups in total. The SMILES string of the molecule is Cc1ncc(CNc2nnc(N)o2)s1. The van der Waals surface area contributed by atoms with Gasteiger partial charge in [-0.1, -0.05) is 10.2 Å². The molecule has 0 atom stereocenters. The molecule has 0 saturated carbocycles. The van der Waals surface area contributed by atoms with Crippen LogP contribution in [-0.4, -0.2) is 15.2 Å². The molecule has 0 radical (unpaired) electrons. The molecule has 2 rings (SSSR count). The monoisotopic (exact) mass is 211 g/mol. The lowest BCUT2D eigenvalue weighted by Crippen LogP contribution is -1.97. The number of hydrogen-bond donors (Lipinski definition) is 2. The van der Waals surface area contributed by atoms with E-state index in [1.807, 2.05) is 13.1 Å². The molecular weight excluding hydrogens is 202 g/mol. The third-order valence-electron chi connectivity index (χ3n) is 1.52. The van der Waals surface area contributed by atoms with Gasteiger partial charge in [-0.05, 0) is 6.92 Å². The fraction of sp³-hybridized carbons (Fsp3) is 0.286. The summed E-state index contributed by atoms with van der Waals surface area (Å²) in [5.41, 5.74) is 5.26. The second-order valence-corrected chi connectivity index (χ2v) is 3.96. The lowest BCUT2D eigenvalue weighted by atomic mass is 10.5. The molecule has 6 nitrogen and oxygen atoms in total. The second kappa shape index (κ2) is 3.62. The van der Waals surface area contributed by atoms with Crippen LogP contribution in [0.2, 0.25) is 0 Å². The van der Waals surface area contributed by atoms with E-state index in [1.54, 1.807) is 11.3 Å². The van der Waals surface area contributed by atoms with Crippen LogP contribution in [0.15, 0.2) is 10.6 Å². The molecule has 0 bridgehead atoms. The predicted molar refractivity (Wildman–Crippen MR) is 52.9 cm³/mol. The molecular formula is C7H9N5OS. The molecule has 0 aliphatic rings. The third-order valence-corrected chi connectivity index (χ3v) is 2.44. The van der Waals surface area contributed by atoms with Crippen molar-refractivity contribution in [3.63, 3.8) is 0 Å². The van der Waals surface area contributed by atoms with Crippen molar-refractivity contribution in [2.75, 3.05) is 11.1 Å². The average Bonchev–Trinajstić information content (AvgIpc) is 2.72. The minimum atomic E-state index is 0.0629. The van der Waals surface area contributed by atoms with Gasteiger partial charge in [0.2, 0.25) is 0 Å². The molecule has 2 aromatic heterocycles. The maximum atomic E-state index is 5.26. The first kappa shape index (κ1) is 8.95. The lowest BCUT2D eigenvalue weighted by Gasteiger charge is -1.95. The zero-order chi connectivity index (χ0) is 9.97. The standard InChI is InChI=1S/C7H9N5OS/c1-4-9-2-5(14-4)3-10-7-12-11-6(8)13-7/h2H,3H2,1H3,(H2,8,11)(H,10,12). The van der Waals surface area contributed by atoms with E-state index >= 15 is 0 Å². The number of aromatic nitrogens is 3. The number of hydrogen-bond acceptors (Lipinski definition) is 7. The van der Waals surface area contributed by atoms with Gasteiger partial charge >= 0.3 is 12.0 Å². The Morgan fingerprint density at radius 1 is 1.57 bits per heavy atom. The van der Waals surface area contributed by atoms with Crippen molar-refractivity contribution in [3.8, 4) is 0 Å². The molecule has 0 spiro atoms. The van der Waals surface area contributed by atoms with E-state index in [0.29, 0.717) is 12.6 Å². The number of nitrogens with two attached hydrogens (primary N) is 1. The van der Waals surface area contributed by atoms with Gasteiger partial charge < -0.3 is 15.5 Å². The maximum absolute atomic E-state index is 5.26. The van der Waals surface area contributed by atoms with E-state index in [4.69, 9.17) is 10.2 Å². The summed E-state index contributed by atoms with van der Waals surface area (Å²) in [5, 5.41) is 11.2. The van der Waals surface area contributed by atoms with Crippen molar-refractivity contribution >= 4 is 23.4 Å². The summed E-state index contributed by atoms with van der Waals surface area (Å²) < 4.78 is 4.94. The first-order valence-electron chi connectivity index (χ1n) is 3.98. The van der Waals surface area contributed by atoms with Gasteiger partial charge in [0, 0.05) is 11.1 Å². The first-order valence-corrected chi connectivity index (χ1v) is 4.80. The van der Waals surface area contributed by atoms with E-state index in [2.05, 4.69) is 20.5 Å². The maximum Gasteiger partial charge on any atom is 0.317 e. The third kappa shape index (κ3) is 1.99. The molecule has 0 saturated heterocycles.